The number of carboxylic acid groups (broad SMARTS) is 1. The number of ether oxygens (including phenoxy) is 1. The van der Waals surface area contributed by atoms with Gasteiger partial charge in [-0.2, -0.15) is 0 Å². The van der Waals surface area contributed by atoms with E-state index in [0.29, 0.717) is 18.7 Å². The van der Waals surface area contributed by atoms with Gasteiger partial charge in [-0.25, -0.2) is 0 Å². The predicted octanol–water partition coefficient (Wildman–Crippen LogP) is 2.28. The Balaban J connectivity index is 1.52. The van der Waals surface area contributed by atoms with Crippen molar-refractivity contribution in [2.45, 2.75) is 25.0 Å². The first-order chi connectivity index (χ1) is 15.5. The molecule has 3 aromatic rings. The maximum atomic E-state index is 12.8. The third-order valence-corrected chi connectivity index (χ3v) is 5.26. The molecule has 2 aromatic carbocycles. The molecule has 4 rings (SSSR count). The van der Waals surface area contributed by atoms with Crippen LogP contribution in [0.5, 0.6) is 5.75 Å². The van der Waals surface area contributed by atoms with Gasteiger partial charge in [0.1, 0.15) is 0 Å². The van der Waals surface area contributed by atoms with E-state index in [0.717, 1.165) is 16.7 Å². The lowest BCUT2D eigenvalue weighted by Gasteiger charge is -2.31. The van der Waals surface area contributed by atoms with Crippen LogP contribution in [0.15, 0.2) is 71.7 Å². The van der Waals surface area contributed by atoms with Gasteiger partial charge in [0.2, 0.25) is 5.75 Å². The van der Waals surface area contributed by atoms with E-state index in [1.165, 1.54) is 6.20 Å². The lowest BCUT2D eigenvalue weighted by atomic mass is 9.99. The topological polar surface area (TPSA) is 121 Å². The molecule has 0 fully saturated rings. The maximum Gasteiger partial charge on any atom is 0.307 e. The summed E-state index contributed by atoms with van der Waals surface area (Å²) >= 11 is 0. The van der Waals surface area contributed by atoms with Gasteiger partial charge in [-0.1, -0.05) is 54.6 Å². The number of carbonyl (C=O) groups excluding carboxylic acids is 1. The number of hydrogen-bond donors (Lipinski definition) is 4. The Morgan fingerprint density at radius 2 is 1.84 bits per heavy atom. The monoisotopic (exact) mass is 433 g/mol. The highest BCUT2D eigenvalue weighted by molar-refractivity contribution is 5.98. The van der Waals surface area contributed by atoms with Gasteiger partial charge in [-0.15, -0.1) is 0 Å². The quantitative estimate of drug-likeness (QED) is 0.433. The number of aromatic nitrogens is 1. The molecule has 1 amide bonds. The van der Waals surface area contributed by atoms with E-state index >= 15 is 0 Å². The summed E-state index contributed by atoms with van der Waals surface area (Å²) < 4.78 is 5.87. The fraction of sp³-hybridized carbons (Fsp3) is 0.208. The molecule has 1 aliphatic heterocycles. The first-order valence-corrected chi connectivity index (χ1v) is 10.3. The Hall–Kier alpha value is -3.91. The van der Waals surface area contributed by atoms with Crippen molar-refractivity contribution in [1.29, 1.82) is 0 Å². The second kappa shape index (κ2) is 9.49. The summed E-state index contributed by atoms with van der Waals surface area (Å²) in [6.45, 7) is 0.515. The number of rotatable bonds is 8. The fourth-order valence-electron chi connectivity index (χ4n) is 3.79. The molecular formula is C24H23N3O5. The molecule has 0 bridgehead atoms. The van der Waals surface area contributed by atoms with Crippen LogP contribution in [-0.2, 0) is 22.4 Å². The average Bonchev–Trinajstić information content (AvgIpc) is 2.77. The Bertz CT molecular complexity index is 1180. The molecule has 0 radical (unpaired) electrons. The Kier molecular flexibility index (Phi) is 6.32. The molecule has 4 N–H and O–H groups in total. The van der Waals surface area contributed by atoms with Gasteiger partial charge >= 0.3 is 5.97 Å². The highest BCUT2D eigenvalue weighted by Crippen LogP contribution is 2.30. The molecule has 0 unspecified atom stereocenters. The highest BCUT2D eigenvalue weighted by Gasteiger charge is 2.36. The van der Waals surface area contributed by atoms with E-state index in [4.69, 9.17) is 9.84 Å². The van der Waals surface area contributed by atoms with Crippen LogP contribution in [0.1, 0.15) is 22.7 Å². The summed E-state index contributed by atoms with van der Waals surface area (Å²) in [6.07, 6.45) is 1.11. The predicted molar refractivity (Wildman–Crippen MR) is 119 cm³/mol. The van der Waals surface area contributed by atoms with Gasteiger partial charge in [0.15, 0.2) is 6.10 Å². The zero-order valence-electron chi connectivity index (χ0n) is 17.2. The van der Waals surface area contributed by atoms with Crippen molar-refractivity contribution in [2.75, 3.05) is 11.9 Å². The minimum Gasteiger partial charge on any atom is -0.481 e. The van der Waals surface area contributed by atoms with Gasteiger partial charge in [0.05, 0.1) is 18.2 Å². The first-order valence-electron chi connectivity index (χ1n) is 10.3. The highest BCUT2D eigenvalue weighted by atomic mass is 16.5. The summed E-state index contributed by atoms with van der Waals surface area (Å²) in [4.78, 5) is 38.5. The van der Waals surface area contributed by atoms with Crippen LogP contribution in [0.3, 0.4) is 0 Å². The number of pyridine rings is 1. The second-order valence-electron chi connectivity index (χ2n) is 7.56. The third-order valence-electron chi connectivity index (χ3n) is 5.26. The van der Waals surface area contributed by atoms with Gasteiger partial charge in [0.25, 0.3) is 11.5 Å². The number of benzene rings is 2. The van der Waals surface area contributed by atoms with Crippen LogP contribution in [0, 0.1) is 0 Å². The number of H-pyrrole nitrogens is 1. The molecule has 8 nitrogen and oxygen atoms in total. The summed E-state index contributed by atoms with van der Waals surface area (Å²) in [5.41, 5.74) is 2.51. The number of aromatic amines is 1. The summed E-state index contributed by atoms with van der Waals surface area (Å²) in [7, 11) is 0. The van der Waals surface area contributed by atoms with Crippen LogP contribution in [0.4, 0.5) is 5.69 Å². The first kappa shape index (κ1) is 21.3. The molecule has 0 aliphatic carbocycles. The number of carboxylic acids is 1. The Labute approximate surface area is 184 Å². The van der Waals surface area contributed by atoms with Crippen LogP contribution < -0.4 is 20.9 Å². The van der Waals surface area contributed by atoms with E-state index in [2.05, 4.69) is 15.6 Å². The maximum absolute atomic E-state index is 12.8. The van der Waals surface area contributed by atoms with Crippen LogP contribution in [-0.4, -0.2) is 34.6 Å². The number of amides is 1. The zero-order valence-corrected chi connectivity index (χ0v) is 17.2. The van der Waals surface area contributed by atoms with Crippen molar-refractivity contribution < 1.29 is 19.4 Å². The van der Waals surface area contributed by atoms with Gasteiger partial charge in [0, 0.05) is 6.20 Å². The molecule has 1 aliphatic rings. The van der Waals surface area contributed by atoms with Crippen molar-refractivity contribution >= 4 is 17.6 Å². The molecule has 1 aromatic heterocycles. The standard InChI is InChI=1S/C24H23N3O5/c28-19(29)14-16-6-4-5-15(13-16)9-11-25-20(17-7-2-1-3-8-17)22-24(31)27-18-10-12-26-23(30)21(18)32-22/h1-8,10,12-13,20,22,25H,9,11,14H2,(H,26,30)(H,27,31)(H,28,29)/t20-,22+/m1/s1. The minimum absolute atomic E-state index is 0.0298. The lowest BCUT2D eigenvalue weighted by molar-refractivity contribution is -0.136. The molecule has 32 heavy (non-hydrogen) atoms. The molecule has 164 valence electrons. The largest absolute Gasteiger partial charge is 0.481 e. The molecule has 2 atom stereocenters. The number of anilines is 1. The molecule has 0 saturated heterocycles. The fourth-order valence-corrected chi connectivity index (χ4v) is 3.79. The van der Waals surface area contributed by atoms with Crippen molar-refractivity contribution in [2.24, 2.45) is 0 Å². The van der Waals surface area contributed by atoms with E-state index < -0.39 is 23.7 Å². The van der Waals surface area contributed by atoms with Crippen molar-refractivity contribution in [1.82, 2.24) is 10.3 Å². The summed E-state index contributed by atoms with van der Waals surface area (Å²) in [5, 5.41) is 15.1. The number of nitrogens with one attached hydrogen (secondary N) is 3. The van der Waals surface area contributed by atoms with Gasteiger partial charge in [-0.3, -0.25) is 14.4 Å². The molecule has 0 saturated carbocycles. The summed E-state index contributed by atoms with van der Waals surface area (Å²) in [5.74, 6) is -1.13. The minimum atomic E-state index is -0.938. The number of carbonyl (C=O) groups is 2. The van der Waals surface area contributed by atoms with Crippen LogP contribution >= 0.6 is 0 Å². The van der Waals surface area contributed by atoms with Gasteiger partial charge in [-0.05, 0) is 35.7 Å². The Morgan fingerprint density at radius 3 is 2.62 bits per heavy atom. The normalized spacial score (nSPS) is 15.9. The second-order valence-corrected chi connectivity index (χ2v) is 7.56. The van der Waals surface area contributed by atoms with Gasteiger partial charge < -0.3 is 25.5 Å². The zero-order chi connectivity index (χ0) is 22.5. The van der Waals surface area contributed by atoms with E-state index in [1.807, 2.05) is 48.5 Å². The van der Waals surface area contributed by atoms with E-state index in [1.54, 1.807) is 12.1 Å². The van der Waals surface area contributed by atoms with Crippen molar-refractivity contribution in [3.63, 3.8) is 0 Å². The molecule has 8 heteroatoms. The van der Waals surface area contributed by atoms with E-state index in [9.17, 15) is 14.4 Å². The SMILES string of the molecule is O=C(O)Cc1cccc(CCN[C@H](c2ccccc2)[C@@H]2Oc3c(cc[nH]c3=O)NC2=O)c1. The van der Waals surface area contributed by atoms with Crippen LogP contribution in [0.2, 0.25) is 0 Å². The molecule has 2 heterocycles. The Morgan fingerprint density at radius 1 is 1.06 bits per heavy atom. The summed E-state index contributed by atoms with van der Waals surface area (Å²) in [6, 6.07) is 17.9. The van der Waals surface area contributed by atoms with E-state index in [-0.39, 0.29) is 18.1 Å². The smallest absolute Gasteiger partial charge is 0.307 e. The van der Waals surface area contributed by atoms with Crippen molar-refractivity contribution in [3.8, 4) is 5.75 Å². The third kappa shape index (κ3) is 4.87. The lowest BCUT2D eigenvalue weighted by Crippen LogP contribution is -2.47. The number of fused-ring (bicyclic) bond motifs is 1. The molecular weight excluding hydrogens is 410 g/mol. The average molecular weight is 433 g/mol. The number of hydrogen-bond acceptors (Lipinski definition) is 5. The number of aliphatic carboxylic acids is 1. The molecule has 0 spiro atoms. The van der Waals surface area contributed by atoms with Crippen LogP contribution in [0.25, 0.3) is 0 Å². The van der Waals surface area contributed by atoms with Crippen molar-refractivity contribution in [3.05, 3.63) is 93.9 Å².